The molecule has 0 radical (unpaired) electrons. The molecule has 0 aromatic carbocycles. The van der Waals surface area contributed by atoms with E-state index in [0.29, 0.717) is 19.4 Å². The second-order valence-electron chi connectivity index (χ2n) is 4.47. The van der Waals surface area contributed by atoms with E-state index < -0.39 is 5.60 Å². The largest absolute Gasteiger partial charge is 0.495 e. The van der Waals surface area contributed by atoms with Gasteiger partial charge in [-0.1, -0.05) is 13.3 Å². The average Bonchev–Trinajstić information content (AvgIpc) is 2.71. The van der Waals surface area contributed by atoms with Crippen LogP contribution < -0.4 is 0 Å². The minimum absolute atomic E-state index is 0.193. The fraction of sp³-hybridized carbons (Fsp3) is 0.833. The van der Waals surface area contributed by atoms with Gasteiger partial charge in [0.1, 0.15) is 11.4 Å². The fourth-order valence-corrected chi connectivity index (χ4v) is 2.41. The van der Waals surface area contributed by atoms with Crippen LogP contribution >= 0.6 is 0 Å². The van der Waals surface area contributed by atoms with E-state index >= 15 is 0 Å². The topological polar surface area (TPSA) is 38.7 Å². The molecule has 2 aliphatic rings. The van der Waals surface area contributed by atoms with Crippen molar-refractivity contribution in [2.45, 2.75) is 50.7 Å². The lowest BCUT2D eigenvalue weighted by molar-refractivity contribution is -0.105. The van der Waals surface area contributed by atoms with Crippen molar-refractivity contribution in [3.8, 4) is 0 Å². The normalized spacial score (nSPS) is 36.1. The van der Waals surface area contributed by atoms with Crippen LogP contribution in [0.5, 0.6) is 0 Å². The molecule has 86 valence electrons. The van der Waals surface area contributed by atoms with Crippen LogP contribution in [0.4, 0.5) is 0 Å². The van der Waals surface area contributed by atoms with Gasteiger partial charge in [-0.05, 0) is 12.5 Å². The highest BCUT2D eigenvalue weighted by Crippen LogP contribution is 2.35. The minimum atomic E-state index is -0.755. The van der Waals surface area contributed by atoms with Gasteiger partial charge < -0.3 is 14.6 Å². The molecule has 0 amide bonds. The highest BCUT2D eigenvalue weighted by molar-refractivity contribution is 5.14. The molecule has 2 rings (SSSR count). The van der Waals surface area contributed by atoms with Crippen LogP contribution in [0.25, 0.3) is 0 Å². The maximum absolute atomic E-state index is 10.5. The lowest BCUT2D eigenvalue weighted by Gasteiger charge is -2.37. The first-order valence-electron chi connectivity index (χ1n) is 5.92. The van der Waals surface area contributed by atoms with Crippen molar-refractivity contribution in [3.63, 3.8) is 0 Å². The maximum atomic E-state index is 10.5. The second-order valence-corrected chi connectivity index (χ2v) is 4.47. The van der Waals surface area contributed by atoms with Crippen molar-refractivity contribution in [2.75, 3.05) is 13.2 Å². The van der Waals surface area contributed by atoms with E-state index in [4.69, 9.17) is 9.47 Å². The van der Waals surface area contributed by atoms with E-state index in [9.17, 15) is 5.11 Å². The zero-order chi connectivity index (χ0) is 10.7. The molecule has 1 saturated heterocycles. The van der Waals surface area contributed by atoms with Crippen molar-refractivity contribution in [3.05, 3.63) is 11.8 Å². The molecule has 2 aliphatic heterocycles. The van der Waals surface area contributed by atoms with Gasteiger partial charge in [0.25, 0.3) is 0 Å². The Morgan fingerprint density at radius 1 is 1.53 bits per heavy atom. The summed E-state index contributed by atoms with van der Waals surface area (Å²) < 4.78 is 11.1. The van der Waals surface area contributed by atoms with Gasteiger partial charge in [-0.3, -0.25) is 0 Å². The maximum Gasteiger partial charge on any atom is 0.126 e. The molecule has 0 bridgehead atoms. The summed E-state index contributed by atoms with van der Waals surface area (Å²) in [7, 11) is 0. The Labute approximate surface area is 91.1 Å². The van der Waals surface area contributed by atoms with Gasteiger partial charge in [-0.15, -0.1) is 0 Å². The van der Waals surface area contributed by atoms with Crippen LogP contribution in [0.15, 0.2) is 11.8 Å². The molecule has 15 heavy (non-hydrogen) atoms. The lowest BCUT2D eigenvalue weighted by atomic mass is 9.87. The number of aliphatic hydroxyl groups is 1. The molecule has 2 heterocycles. The van der Waals surface area contributed by atoms with Crippen LogP contribution in [0.3, 0.4) is 0 Å². The second kappa shape index (κ2) is 4.54. The van der Waals surface area contributed by atoms with E-state index in [1.807, 2.05) is 6.08 Å². The predicted molar refractivity (Wildman–Crippen MR) is 57.5 cm³/mol. The third-order valence-corrected chi connectivity index (χ3v) is 3.21. The molecular formula is C12H20O3. The van der Waals surface area contributed by atoms with Crippen LogP contribution in [0, 0.1) is 0 Å². The van der Waals surface area contributed by atoms with E-state index in [-0.39, 0.29) is 6.10 Å². The van der Waals surface area contributed by atoms with Gasteiger partial charge in [0.15, 0.2) is 0 Å². The van der Waals surface area contributed by atoms with E-state index in [0.717, 1.165) is 31.6 Å². The van der Waals surface area contributed by atoms with Gasteiger partial charge >= 0.3 is 0 Å². The van der Waals surface area contributed by atoms with Crippen LogP contribution in [0.2, 0.25) is 0 Å². The van der Waals surface area contributed by atoms with Crippen LogP contribution in [-0.4, -0.2) is 30.0 Å². The van der Waals surface area contributed by atoms with Crippen LogP contribution in [-0.2, 0) is 9.47 Å². The highest BCUT2D eigenvalue weighted by atomic mass is 16.5. The summed E-state index contributed by atoms with van der Waals surface area (Å²) in [5.41, 5.74) is -0.755. The zero-order valence-electron chi connectivity index (χ0n) is 9.37. The number of hydrogen-bond donors (Lipinski definition) is 1. The Morgan fingerprint density at radius 2 is 2.40 bits per heavy atom. The van der Waals surface area contributed by atoms with Crippen LogP contribution in [0.1, 0.15) is 39.0 Å². The molecular weight excluding hydrogens is 192 g/mol. The summed E-state index contributed by atoms with van der Waals surface area (Å²) >= 11 is 0. The monoisotopic (exact) mass is 212 g/mol. The Kier molecular flexibility index (Phi) is 3.32. The van der Waals surface area contributed by atoms with Gasteiger partial charge in [0.05, 0.1) is 19.3 Å². The van der Waals surface area contributed by atoms with Gasteiger partial charge in [0, 0.05) is 19.3 Å². The summed E-state index contributed by atoms with van der Waals surface area (Å²) in [5.74, 6) is 0.784. The molecule has 0 aliphatic carbocycles. The smallest absolute Gasteiger partial charge is 0.126 e. The Balaban J connectivity index is 2.00. The van der Waals surface area contributed by atoms with Crippen molar-refractivity contribution >= 4 is 0 Å². The van der Waals surface area contributed by atoms with Gasteiger partial charge in [-0.2, -0.15) is 0 Å². The summed E-state index contributed by atoms with van der Waals surface area (Å²) in [6.07, 6.45) is 6.62. The SMILES string of the molecule is CCCC1CC(O)(C2=CCCO2)CCO1. The van der Waals surface area contributed by atoms with E-state index in [1.54, 1.807) is 0 Å². The van der Waals surface area contributed by atoms with E-state index in [2.05, 4.69) is 6.92 Å². The van der Waals surface area contributed by atoms with Crippen molar-refractivity contribution < 1.29 is 14.6 Å². The predicted octanol–water partition coefficient (Wildman–Crippen LogP) is 2.00. The third kappa shape index (κ3) is 2.34. The molecule has 1 fully saturated rings. The molecule has 0 aromatic rings. The fourth-order valence-electron chi connectivity index (χ4n) is 2.41. The zero-order valence-corrected chi connectivity index (χ0v) is 9.37. The Morgan fingerprint density at radius 3 is 3.07 bits per heavy atom. The third-order valence-electron chi connectivity index (χ3n) is 3.21. The molecule has 3 heteroatoms. The Hall–Kier alpha value is -0.540. The Bertz CT molecular complexity index is 247. The molecule has 3 nitrogen and oxygen atoms in total. The molecule has 2 atom stereocenters. The van der Waals surface area contributed by atoms with Crippen molar-refractivity contribution in [2.24, 2.45) is 0 Å². The molecule has 1 N–H and O–H groups in total. The summed E-state index contributed by atoms with van der Waals surface area (Å²) in [5, 5.41) is 10.5. The number of ether oxygens (including phenoxy) is 2. The summed E-state index contributed by atoms with van der Waals surface area (Å²) in [6, 6.07) is 0. The standard InChI is InChI=1S/C12H20O3/c1-2-4-10-9-12(13,6-8-14-10)11-5-3-7-15-11/h5,10,13H,2-4,6-9H2,1H3. The van der Waals surface area contributed by atoms with Gasteiger partial charge in [-0.25, -0.2) is 0 Å². The molecule has 0 aromatic heterocycles. The first-order chi connectivity index (χ1) is 7.24. The number of rotatable bonds is 3. The molecule has 0 spiro atoms. The first-order valence-corrected chi connectivity index (χ1v) is 5.92. The summed E-state index contributed by atoms with van der Waals surface area (Å²) in [4.78, 5) is 0. The summed E-state index contributed by atoms with van der Waals surface area (Å²) in [6.45, 7) is 3.50. The lowest BCUT2D eigenvalue weighted by Crippen LogP contribution is -2.42. The van der Waals surface area contributed by atoms with E-state index in [1.165, 1.54) is 0 Å². The van der Waals surface area contributed by atoms with Crippen molar-refractivity contribution in [1.29, 1.82) is 0 Å². The quantitative estimate of drug-likeness (QED) is 0.777. The van der Waals surface area contributed by atoms with Crippen molar-refractivity contribution in [1.82, 2.24) is 0 Å². The molecule has 2 unspecified atom stereocenters. The highest BCUT2D eigenvalue weighted by Gasteiger charge is 2.40. The minimum Gasteiger partial charge on any atom is -0.495 e. The first kappa shape index (κ1) is 11.0. The molecule has 0 saturated carbocycles. The average molecular weight is 212 g/mol. The number of hydrogen-bond acceptors (Lipinski definition) is 3. The van der Waals surface area contributed by atoms with Gasteiger partial charge in [0.2, 0.25) is 0 Å².